The molecule has 1 rings (SSSR count). The van der Waals surface area contributed by atoms with Crippen LogP contribution in [0.4, 0.5) is 0 Å². The average Bonchev–Trinajstić information content (AvgIpc) is 2.57. The Balaban J connectivity index is 0.000000262. The maximum absolute atomic E-state index is 4.50. The number of allylic oxidation sites excluding steroid dienone is 3. The van der Waals surface area contributed by atoms with Crippen molar-refractivity contribution >= 4 is 0 Å². The third-order valence-corrected chi connectivity index (χ3v) is 1.47. The number of nitrogens with zero attached hydrogens (tertiary/aromatic N) is 1. The lowest BCUT2D eigenvalue weighted by Gasteiger charge is -1.84. The van der Waals surface area contributed by atoms with Crippen LogP contribution in [0.15, 0.2) is 48.1 Å². The van der Waals surface area contributed by atoms with E-state index in [0.717, 1.165) is 0 Å². The van der Waals surface area contributed by atoms with E-state index in [2.05, 4.69) is 39.5 Å². The highest BCUT2D eigenvalue weighted by molar-refractivity contribution is 4.96. The molecule has 1 aromatic rings. The van der Waals surface area contributed by atoms with E-state index in [0.29, 0.717) is 0 Å². The molecular weight excluding hydrogens is 190 g/mol. The second-order valence-corrected chi connectivity index (χ2v) is 2.74. The van der Waals surface area contributed by atoms with Gasteiger partial charge in [0, 0.05) is 6.20 Å². The molecule has 0 bridgehead atoms. The van der Waals surface area contributed by atoms with Crippen LogP contribution in [0.25, 0.3) is 0 Å². The third kappa shape index (κ3) is 12.3. The summed E-state index contributed by atoms with van der Waals surface area (Å²) < 4.78 is 4.50. The Morgan fingerprint density at radius 2 is 2.33 bits per heavy atom. The topological polar surface area (TPSA) is 57.6 Å². The first-order valence-electron chi connectivity index (χ1n) is 5.02. The average molecular weight is 209 g/mol. The van der Waals surface area contributed by atoms with E-state index in [4.69, 9.17) is 0 Å². The predicted molar refractivity (Wildman–Crippen MR) is 61.7 cm³/mol. The summed E-state index contributed by atoms with van der Waals surface area (Å²) >= 11 is 0. The van der Waals surface area contributed by atoms with Gasteiger partial charge in [-0.25, -0.2) is 5.16 Å². The van der Waals surface area contributed by atoms with Crippen molar-refractivity contribution in [1.29, 1.82) is 0 Å². The maximum atomic E-state index is 4.50. The second kappa shape index (κ2) is 12.3. The Bertz CT molecular complexity index is 230. The molecule has 0 aliphatic carbocycles. The van der Waals surface area contributed by atoms with Crippen LogP contribution < -0.4 is 0 Å². The van der Waals surface area contributed by atoms with Crippen LogP contribution in [0.1, 0.15) is 26.2 Å². The fourth-order valence-corrected chi connectivity index (χ4v) is 0.755. The molecule has 0 aromatic carbocycles. The number of H-pyrrole nitrogens is 2. The lowest BCUT2D eigenvalue weighted by atomic mass is 10.2. The van der Waals surface area contributed by atoms with Crippen molar-refractivity contribution in [2.75, 3.05) is 0 Å². The van der Waals surface area contributed by atoms with Gasteiger partial charge < -0.3 is 4.52 Å². The summed E-state index contributed by atoms with van der Waals surface area (Å²) in [5, 5.41) is 8.53. The van der Waals surface area contributed by atoms with E-state index >= 15 is 0 Å². The van der Waals surface area contributed by atoms with Gasteiger partial charge in [-0.15, -0.1) is 5.10 Å². The summed E-state index contributed by atoms with van der Waals surface area (Å²) in [6.07, 6.45) is 14.2. The van der Waals surface area contributed by atoms with Crippen molar-refractivity contribution in [3.05, 3.63) is 43.6 Å². The number of aromatic amines is 2. The van der Waals surface area contributed by atoms with Gasteiger partial charge in [-0.05, 0) is 6.42 Å². The molecule has 4 heteroatoms. The van der Waals surface area contributed by atoms with Crippen molar-refractivity contribution in [3.63, 3.8) is 0 Å². The Morgan fingerprint density at radius 3 is 3.07 bits per heavy atom. The summed E-state index contributed by atoms with van der Waals surface area (Å²) in [7, 11) is 0. The molecule has 0 radical (unpaired) electrons. The summed E-state index contributed by atoms with van der Waals surface area (Å²) in [6, 6.07) is 0. The van der Waals surface area contributed by atoms with E-state index in [9.17, 15) is 0 Å². The second-order valence-electron chi connectivity index (χ2n) is 2.74. The minimum absolute atomic E-state index is 1.20. The summed E-state index contributed by atoms with van der Waals surface area (Å²) in [5.74, 6) is 0. The van der Waals surface area contributed by atoms with E-state index < -0.39 is 0 Å². The van der Waals surface area contributed by atoms with Crippen LogP contribution in [0, 0.1) is 0 Å². The Hall–Kier alpha value is -1.71. The number of unbranched alkanes of at least 4 members (excludes halogenated alkanes) is 2. The molecule has 2 N–H and O–H groups in total. The maximum Gasteiger partial charge on any atom is 0.226 e. The van der Waals surface area contributed by atoms with Gasteiger partial charge in [0.25, 0.3) is 0 Å². The van der Waals surface area contributed by atoms with Gasteiger partial charge in [0.15, 0.2) is 0 Å². The van der Waals surface area contributed by atoms with Crippen molar-refractivity contribution in [3.8, 4) is 0 Å². The van der Waals surface area contributed by atoms with Crippen molar-refractivity contribution in [2.24, 2.45) is 0 Å². The van der Waals surface area contributed by atoms with Crippen LogP contribution in [0.5, 0.6) is 0 Å². The quantitative estimate of drug-likeness (QED) is 0.590. The SMILES string of the molecule is C=CC=CCCCC.c1c[nH]ocn[nH]1. The highest BCUT2D eigenvalue weighted by Crippen LogP contribution is 1.93. The van der Waals surface area contributed by atoms with Gasteiger partial charge in [-0.2, -0.15) is 0 Å². The molecule has 0 atom stereocenters. The molecule has 84 valence electrons. The number of aromatic nitrogens is 3. The molecule has 0 aliphatic rings. The normalized spacial score (nSPS) is 9.13. The van der Waals surface area contributed by atoms with Crippen molar-refractivity contribution < 1.29 is 4.52 Å². The van der Waals surface area contributed by atoms with Gasteiger partial charge >= 0.3 is 0 Å². The lowest BCUT2D eigenvalue weighted by molar-refractivity contribution is 0.392. The van der Waals surface area contributed by atoms with Crippen LogP contribution in [0.3, 0.4) is 0 Å². The van der Waals surface area contributed by atoms with Crippen molar-refractivity contribution in [1.82, 2.24) is 15.4 Å². The van der Waals surface area contributed by atoms with Crippen LogP contribution in [-0.4, -0.2) is 15.4 Å². The number of hydrogen-bond donors (Lipinski definition) is 2. The number of rotatable bonds is 4. The molecule has 0 spiro atoms. The fourth-order valence-electron chi connectivity index (χ4n) is 0.755. The third-order valence-electron chi connectivity index (χ3n) is 1.47. The molecule has 1 aromatic heterocycles. The zero-order chi connectivity index (χ0) is 11.2. The van der Waals surface area contributed by atoms with Gasteiger partial charge in [0.05, 0.1) is 6.20 Å². The molecule has 0 saturated carbocycles. The van der Waals surface area contributed by atoms with Gasteiger partial charge in [0.1, 0.15) is 0 Å². The molecule has 4 nitrogen and oxygen atoms in total. The fraction of sp³-hybridized carbons (Fsp3) is 0.364. The first kappa shape index (κ1) is 13.3. The zero-order valence-corrected chi connectivity index (χ0v) is 9.15. The van der Waals surface area contributed by atoms with E-state index in [1.807, 2.05) is 12.2 Å². The lowest BCUT2D eigenvalue weighted by Crippen LogP contribution is -1.64. The monoisotopic (exact) mass is 209 g/mol. The minimum Gasteiger partial charge on any atom is -0.369 e. The zero-order valence-electron chi connectivity index (χ0n) is 9.15. The predicted octanol–water partition coefficient (Wildman–Crippen LogP) is 3.37. The van der Waals surface area contributed by atoms with Crippen LogP contribution in [0.2, 0.25) is 0 Å². The molecular formula is C11H19N3O. The molecule has 0 aliphatic heterocycles. The standard InChI is InChI=1S/C8H14.C3H5N3O/c1-3-5-7-8-6-4-2;1-2-6-7-3-5-4-1/h3,5,7H,1,4,6,8H2,2H3;1-4,6H. The van der Waals surface area contributed by atoms with Gasteiger partial charge in [-0.1, -0.05) is 44.6 Å². The molecule has 0 saturated heterocycles. The molecule has 0 unspecified atom stereocenters. The van der Waals surface area contributed by atoms with E-state index in [-0.39, 0.29) is 0 Å². The first-order valence-corrected chi connectivity index (χ1v) is 5.02. The molecule has 15 heavy (non-hydrogen) atoms. The van der Waals surface area contributed by atoms with E-state index in [1.54, 1.807) is 12.4 Å². The molecule has 0 amide bonds. The van der Waals surface area contributed by atoms with Crippen LogP contribution >= 0.6 is 0 Å². The summed E-state index contributed by atoms with van der Waals surface area (Å²) in [6.45, 7) is 5.77. The molecule has 1 heterocycles. The van der Waals surface area contributed by atoms with Gasteiger partial charge in [-0.3, -0.25) is 5.10 Å². The largest absolute Gasteiger partial charge is 0.369 e. The Labute approximate surface area is 90.4 Å². The Kier molecular flexibility index (Phi) is 10.9. The summed E-state index contributed by atoms with van der Waals surface area (Å²) in [4.78, 5) is 0. The molecule has 0 fully saturated rings. The van der Waals surface area contributed by atoms with Crippen molar-refractivity contribution in [2.45, 2.75) is 26.2 Å². The van der Waals surface area contributed by atoms with Gasteiger partial charge in [0.2, 0.25) is 6.39 Å². The highest BCUT2D eigenvalue weighted by atomic mass is 16.5. The van der Waals surface area contributed by atoms with Crippen LogP contribution in [-0.2, 0) is 0 Å². The minimum atomic E-state index is 1.20. The number of hydrogen-bond acceptors (Lipinski definition) is 2. The Morgan fingerprint density at radius 1 is 1.47 bits per heavy atom. The highest BCUT2D eigenvalue weighted by Gasteiger charge is 1.73. The smallest absolute Gasteiger partial charge is 0.226 e. The number of nitrogens with one attached hydrogen (secondary N) is 2. The van der Waals surface area contributed by atoms with E-state index in [1.165, 1.54) is 25.7 Å². The first-order chi connectivity index (χ1) is 7.41. The summed E-state index contributed by atoms with van der Waals surface area (Å²) in [5.41, 5.74) is 0.